The molecule has 0 unspecified atom stereocenters. The van der Waals surface area contributed by atoms with E-state index in [1.54, 1.807) is 18.0 Å². The number of Topliss-reactive ketones (excluding diaryl/α,β-unsaturated/α-hetero) is 1. The third-order valence-electron chi connectivity index (χ3n) is 2.70. The maximum absolute atomic E-state index is 12.0. The van der Waals surface area contributed by atoms with Gasteiger partial charge in [-0.3, -0.25) is 9.69 Å². The normalized spacial score (nSPS) is 11.8. The summed E-state index contributed by atoms with van der Waals surface area (Å²) in [4.78, 5) is 13.7. The Balaban J connectivity index is 2.58. The van der Waals surface area contributed by atoms with Crippen molar-refractivity contribution in [1.82, 2.24) is 4.90 Å². The van der Waals surface area contributed by atoms with Gasteiger partial charge in [-0.1, -0.05) is 24.3 Å². The first kappa shape index (κ1) is 14.9. The smallest absolute Gasteiger partial charge is 0.177 e. The van der Waals surface area contributed by atoms with E-state index in [-0.39, 0.29) is 18.1 Å². The van der Waals surface area contributed by atoms with Crippen molar-refractivity contribution in [2.24, 2.45) is 0 Å². The van der Waals surface area contributed by atoms with E-state index in [1.165, 1.54) is 6.26 Å². The van der Waals surface area contributed by atoms with Crippen LogP contribution in [0.4, 0.5) is 0 Å². The molecule has 0 heterocycles. The highest BCUT2D eigenvalue weighted by atomic mass is 32.2. The highest BCUT2D eigenvalue weighted by Gasteiger charge is 2.12. The molecule has 100 valence electrons. The summed E-state index contributed by atoms with van der Waals surface area (Å²) in [7, 11) is -1.23. The van der Waals surface area contributed by atoms with E-state index < -0.39 is 9.84 Å². The fourth-order valence-corrected chi connectivity index (χ4v) is 2.26. The van der Waals surface area contributed by atoms with Crippen LogP contribution in [-0.2, 0) is 9.84 Å². The van der Waals surface area contributed by atoms with Crippen LogP contribution in [-0.4, -0.2) is 51.2 Å². The Morgan fingerprint density at radius 1 is 1.28 bits per heavy atom. The second-order valence-electron chi connectivity index (χ2n) is 4.61. The highest BCUT2D eigenvalue weighted by molar-refractivity contribution is 7.90. The minimum Gasteiger partial charge on any atom is -0.298 e. The summed E-state index contributed by atoms with van der Waals surface area (Å²) in [6.07, 6.45) is 1.20. The Morgan fingerprint density at radius 2 is 1.89 bits per heavy atom. The van der Waals surface area contributed by atoms with Gasteiger partial charge < -0.3 is 0 Å². The van der Waals surface area contributed by atoms with Gasteiger partial charge in [-0.05, 0) is 19.5 Å². The highest BCUT2D eigenvalue weighted by Crippen LogP contribution is 2.08. The van der Waals surface area contributed by atoms with Gasteiger partial charge in [-0.25, -0.2) is 8.42 Å². The lowest BCUT2D eigenvalue weighted by Gasteiger charge is -2.15. The van der Waals surface area contributed by atoms with Crippen molar-refractivity contribution in [2.75, 3.05) is 32.1 Å². The van der Waals surface area contributed by atoms with E-state index in [4.69, 9.17) is 0 Å². The van der Waals surface area contributed by atoms with E-state index in [2.05, 4.69) is 0 Å². The topological polar surface area (TPSA) is 54.5 Å². The number of carbonyl (C=O) groups excluding carboxylic acids is 1. The minimum atomic E-state index is -2.98. The maximum atomic E-state index is 12.0. The number of likely N-dealkylation sites (N-methyl/N-ethyl adjacent to an activating group) is 1. The molecule has 0 spiro atoms. The summed E-state index contributed by atoms with van der Waals surface area (Å²) in [5.74, 6) is 0.0916. The lowest BCUT2D eigenvalue weighted by molar-refractivity contribution is 0.0948. The summed E-state index contributed by atoms with van der Waals surface area (Å²) < 4.78 is 22.1. The third kappa shape index (κ3) is 4.98. The van der Waals surface area contributed by atoms with Gasteiger partial charge >= 0.3 is 0 Å². The molecule has 0 amide bonds. The summed E-state index contributed by atoms with van der Waals surface area (Å²) in [6.45, 7) is 2.50. The zero-order valence-electron chi connectivity index (χ0n) is 11.0. The van der Waals surface area contributed by atoms with E-state index in [9.17, 15) is 13.2 Å². The van der Waals surface area contributed by atoms with Gasteiger partial charge in [0.25, 0.3) is 0 Å². The van der Waals surface area contributed by atoms with Gasteiger partial charge in [0, 0.05) is 18.4 Å². The van der Waals surface area contributed by atoms with E-state index in [1.807, 2.05) is 25.1 Å². The molecule has 0 saturated carbocycles. The Labute approximate surface area is 109 Å². The molecule has 0 fully saturated rings. The number of hydrogen-bond donors (Lipinski definition) is 0. The van der Waals surface area contributed by atoms with Crippen LogP contribution in [0.25, 0.3) is 0 Å². The van der Waals surface area contributed by atoms with Crippen LogP contribution in [0.1, 0.15) is 15.9 Å². The molecule has 0 N–H and O–H groups in total. The second-order valence-corrected chi connectivity index (χ2v) is 6.87. The predicted molar refractivity (Wildman–Crippen MR) is 72.7 cm³/mol. The van der Waals surface area contributed by atoms with Crippen LogP contribution in [0.3, 0.4) is 0 Å². The number of hydrogen-bond acceptors (Lipinski definition) is 4. The molecule has 1 aromatic rings. The molecule has 0 aliphatic rings. The van der Waals surface area contributed by atoms with E-state index in [0.29, 0.717) is 12.1 Å². The first-order valence-corrected chi connectivity index (χ1v) is 7.81. The first-order chi connectivity index (χ1) is 8.29. The van der Waals surface area contributed by atoms with E-state index in [0.717, 1.165) is 5.56 Å². The van der Waals surface area contributed by atoms with Crippen LogP contribution in [0.5, 0.6) is 0 Å². The molecular weight excluding hydrogens is 250 g/mol. The molecule has 0 radical (unpaired) electrons. The molecule has 0 atom stereocenters. The number of carbonyl (C=O) groups is 1. The van der Waals surface area contributed by atoms with Gasteiger partial charge in [-0.15, -0.1) is 0 Å². The Hall–Kier alpha value is -1.20. The van der Waals surface area contributed by atoms with Gasteiger partial charge in [0.05, 0.1) is 12.3 Å². The summed E-state index contributed by atoms with van der Waals surface area (Å²) in [6, 6.07) is 7.40. The summed E-state index contributed by atoms with van der Waals surface area (Å²) in [5, 5.41) is 0. The fraction of sp³-hybridized carbons (Fsp3) is 0.462. The van der Waals surface area contributed by atoms with Gasteiger partial charge in [0.2, 0.25) is 0 Å². The SMILES string of the molecule is Cc1ccccc1C(=O)CN(C)CCS(C)(=O)=O. The van der Waals surface area contributed by atoms with Crippen molar-refractivity contribution < 1.29 is 13.2 Å². The number of sulfone groups is 1. The molecule has 1 aromatic carbocycles. The van der Waals surface area contributed by atoms with Crippen molar-refractivity contribution in [3.8, 4) is 0 Å². The summed E-state index contributed by atoms with van der Waals surface area (Å²) in [5.41, 5.74) is 1.64. The molecule has 0 bridgehead atoms. The zero-order chi connectivity index (χ0) is 13.8. The second kappa shape index (κ2) is 6.11. The molecule has 0 saturated heterocycles. The van der Waals surface area contributed by atoms with Crippen molar-refractivity contribution in [3.63, 3.8) is 0 Å². The van der Waals surface area contributed by atoms with Crippen LogP contribution < -0.4 is 0 Å². The van der Waals surface area contributed by atoms with Crippen molar-refractivity contribution >= 4 is 15.6 Å². The molecule has 4 nitrogen and oxygen atoms in total. The molecule has 0 aliphatic heterocycles. The van der Waals surface area contributed by atoms with Gasteiger partial charge in [0.15, 0.2) is 5.78 Å². The Kier molecular flexibility index (Phi) is 5.04. The van der Waals surface area contributed by atoms with Crippen molar-refractivity contribution in [3.05, 3.63) is 35.4 Å². The van der Waals surface area contributed by atoms with Crippen LogP contribution in [0.15, 0.2) is 24.3 Å². The maximum Gasteiger partial charge on any atom is 0.177 e. The summed E-state index contributed by atoms with van der Waals surface area (Å²) >= 11 is 0. The van der Waals surface area contributed by atoms with Crippen LogP contribution in [0, 0.1) is 6.92 Å². The number of ketones is 1. The molecular formula is C13H19NO3S. The zero-order valence-corrected chi connectivity index (χ0v) is 11.8. The number of nitrogens with zero attached hydrogens (tertiary/aromatic N) is 1. The Morgan fingerprint density at radius 3 is 2.44 bits per heavy atom. The first-order valence-electron chi connectivity index (χ1n) is 5.74. The van der Waals surface area contributed by atoms with Crippen LogP contribution in [0.2, 0.25) is 0 Å². The van der Waals surface area contributed by atoms with Gasteiger partial charge in [0.1, 0.15) is 9.84 Å². The third-order valence-corrected chi connectivity index (χ3v) is 3.63. The molecule has 1 rings (SSSR count). The average molecular weight is 269 g/mol. The van der Waals surface area contributed by atoms with Crippen molar-refractivity contribution in [2.45, 2.75) is 6.92 Å². The molecule has 5 heteroatoms. The lowest BCUT2D eigenvalue weighted by Crippen LogP contribution is -2.30. The quantitative estimate of drug-likeness (QED) is 0.727. The number of benzene rings is 1. The predicted octanol–water partition coefficient (Wildman–Crippen LogP) is 1.15. The number of rotatable bonds is 6. The number of aryl methyl sites for hydroxylation is 1. The molecule has 0 aliphatic carbocycles. The largest absolute Gasteiger partial charge is 0.298 e. The monoisotopic (exact) mass is 269 g/mol. The van der Waals surface area contributed by atoms with E-state index >= 15 is 0 Å². The lowest BCUT2D eigenvalue weighted by atomic mass is 10.0. The Bertz CT molecular complexity index is 523. The fourth-order valence-electron chi connectivity index (χ4n) is 1.62. The van der Waals surface area contributed by atoms with Gasteiger partial charge in [-0.2, -0.15) is 0 Å². The van der Waals surface area contributed by atoms with Crippen LogP contribution >= 0.6 is 0 Å². The standard InChI is InChI=1S/C13H19NO3S/c1-11-6-4-5-7-12(11)13(15)10-14(2)8-9-18(3,16)17/h4-7H,8-10H2,1-3H3. The van der Waals surface area contributed by atoms with Crippen molar-refractivity contribution in [1.29, 1.82) is 0 Å². The minimum absolute atomic E-state index is 0.0177. The molecule has 0 aromatic heterocycles. The molecule has 18 heavy (non-hydrogen) atoms. The average Bonchev–Trinajstić information content (AvgIpc) is 2.26.